The Morgan fingerprint density at radius 2 is 2.12 bits per heavy atom. The second kappa shape index (κ2) is 5.82. The van der Waals surface area contributed by atoms with Gasteiger partial charge in [0, 0.05) is 24.4 Å². The average Bonchev–Trinajstić information content (AvgIpc) is 2.34. The van der Waals surface area contributed by atoms with E-state index in [-0.39, 0.29) is 22.5 Å². The molecule has 0 radical (unpaired) electrons. The Morgan fingerprint density at radius 3 is 2.71 bits per heavy atom. The summed E-state index contributed by atoms with van der Waals surface area (Å²) in [6.07, 6.45) is 3.19. The lowest BCUT2D eigenvalue weighted by molar-refractivity contribution is -0.0832. The number of hydrogen-bond donors (Lipinski definition) is 1. The lowest BCUT2D eigenvalue weighted by atomic mass is 9.58. The predicted octanol–water partition coefficient (Wildman–Crippen LogP) is 2.71. The molecule has 128 valence electrons. The molecule has 2 heterocycles. The Morgan fingerprint density at radius 1 is 1.46 bits per heavy atom. The summed E-state index contributed by atoms with van der Waals surface area (Å²) < 4.78 is 5.38. The standard InChI is InChI=1S/C17H21ClN4O2/c1-16(2,3)24-15(23)22-9-17(10-22)6-11(7-17)4-5-12-14(18)21-13(19)8-20-12/h8,11H,6-7,9-10H2,1-3H3,(H2,19,21). The van der Waals surface area contributed by atoms with Gasteiger partial charge in [-0.25, -0.2) is 14.8 Å². The van der Waals surface area contributed by atoms with E-state index in [1.165, 1.54) is 6.20 Å². The minimum atomic E-state index is -0.452. The van der Waals surface area contributed by atoms with Crippen LogP contribution in [0.4, 0.5) is 10.6 Å². The fourth-order valence-electron chi connectivity index (χ4n) is 3.20. The van der Waals surface area contributed by atoms with E-state index in [9.17, 15) is 4.79 Å². The van der Waals surface area contributed by atoms with Crippen molar-refractivity contribution in [3.05, 3.63) is 17.0 Å². The number of anilines is 1. The van der Waals surface area contributed by atoms with Crippen molar-refractivity contribution in [2.75, 3.05) is 18.8 Å². The van der Waals surface area contributed by atoms with Gasteiger partial charge in [-0.15, -0.1) is 0 Å². The van der Waals surface area contributed by atoms with E-state index in [4.69, 9.17) is 22.1 Å². The van der Waals surface area contributed by atoms with Gasteiger partial charge in [-0.05, 0) is 39.5 Å². The van der Waals surface area contributed by atoms with Crippen LogP contribution in [0.1, 0.15) is 39.3 Å². The van der Waals surface area contributed by atoms with Crippen LogP contribution in [0.25, 0.3) is 0 Å². The molecule has 1 aromatic rings. The lowest BCUT2D eigenvalue weighted by Crippen LogP contribution is -2.64. The van der Waals surface area contributed by atoms with Gasteiger partial charge in [0.25, 0.3) is 0 Å². The summed E-state index contributed by atoms with van der Waals surface area (Å²) in [5.41, 5.74) is 5.73. The van der Waals surface area contributed by atoms with Gasteiger partial charge in [0.15, 0.2) is 10.8 Å². The van der Waals surface area contributed by atoms with Gasteiger partial charge < -0.3 is 15.4 Å². The number of nitrogens with two attached hydrogens (primary N) is 1. The normalized spacial score (nSPS) is 19.1. The molecule has 1 spiro atoms. The number of amides is 1. The predicted molar refractivity (Wildman–Crippen MR) is 91.3 cm³/mol. The fourth-order valence-corrected chi connectivity index (χ4v) is 3.39. The Balaban J connectivity index is 1.49. The summed E-state index contributed by atoms with van der Waals surface area (Å²) in [6, 6.07) is 0. The Hall–Kier alpha value is -2.00. The Kier molecular flexibility index (Phi) is 4.08. The first-order valence-electron chi connectivity index (χ1n) is 7.93. The van der Waals surface area contributed by atoms with E-state index >= 15 is 0 Å². The minimum Gasteiger partial charge on any atom is -0.444 e. The van der Waals surface area contributed by atoms with E-state index < -0.39 is 5.60 Å². The molecule has 2 fully saturated rings. The molecule has 1 aromatic heterocycles. The third-order valence-corrected chi connectivity index (χ3v) is 4.47. The van der Waals surface area contributed by atoms with Gasteiger partial charge in [0.1, 0.15) is 11.4 Å². The highest BCUT2D eigenvalue weighted by Gasteiger charge is 2.54. The van der Waals surface area contributed by atoms with Crippen molar-refractivity contribution in [1.82, 2.24) is 14.9 Å². The summed E-state index contributed by atoms with van der Waals surface area (Å²) in [4.78, 5) is 21.7. The third-order valence-electron chi connectivity index (χ3n) is 4.21. The van der Waals surface area contributed by atoms with Crippen LogP contribution < -0.4 is 5.73 Å². The third kappa shape index (κ3) is 3.57. The highest BCUT2D eigenvalue weighted by atomic mass is 35.5. The van der Waals surface area contributed by atoms with Gasteiger partial charge in [-0.1, -0.05) is 17.5 Å². The number of halogens is 1. The van der Waals surface area contributed by atoms with Crippen LogP contribution in [0.3, 0.4) is 0 Å². The molecule has 6 nitrogen and oxygen atoms in total. The number of nitrogen functional groups attached to an aromatic ring is 1. The van der Waals surface area contributed by atoms with Crippen LogP contribution in [0.15, 0.2) is 6.20 Å². The number of rotatable bonds is 0. The van der Waals surface area contributed by atoms with Gasteiger partial charge in [0.2, 0.25) is 0 Å². The number of carbonyl (C=O) groups excluding carboxylic acids is 1. The molecular weight excluding hydrogens is 328 g/mol. The number of aromatic nitrogens is 2. The summed E-state index contributed by atoms with van der Waals surface area (Å²) >= 11 is 5.96. The van der Waals surface area contributed by atoms with Crippen LogP contribution in [0.5, 0.6) is 0 Å². The summed E-state index contributed by atoms with van der Waals surface area (Å²) in [5, 5.41) is 0.233. The molecule has 0 unspecified atom stereocenters. The largest absolute Gasteiger partial charge is 0.444 e. The number of hydrogen-bond acceptors (Lipinski definition) is 5. The van der Waals surface area contributed by atoms with Crippen molar-refractivity contribution in [3.63, 3.8) is 0 Å². The zero-order valence-electron chi connectivity index (χ0n) is 14.1. The molecule has 0 bridgehead atoms. The number of carbonyl (C=O) groups is 1. The molecular formula is C17H21ClN4O2. The van der Waals surface area contributed by atoms with E-state index in [1.54, 1.807) is 4.90 Å². The Bertz CT molecular complexity index is 718. The number of ether oxygens (including phenoxy) is 1. The molecule has 1 saturated heterocycles. The molecule has 0 aromatic carbocycles. The minimum absolute atomic E-state index is 0.215. The zero-order chi connectivity index (χ0) is 17.5. The van der Waals surface area contributed by atoms with Crippen molar-refractivity contribution < 1.29 is 9.53 Å². The second-order valence-electron chi connectivity index (χ2n) is 7.65. The van der Waals surface area contributed by atoms with E-state index in [1.807, 2.05) is 20.8 Å². The van der Waals surface area contributed by atoms with Crippen molar-refractivity contribution >= 4 is 23.5 Å². The van der Waals surface area contributed by atoms with Crippen LogP contribution in [-0.4, -0.2) is 39.7 Å². The number of nitrogens with zero attached hydrogens (tertiary/aromatic N) is 3. The van der Waals surface area contributed by atoms with Gasteiger partial charge in [-0.2, -0.15) is 0 Å². The van der Waals surface area contributed by atoms with E-state index in [2.05, 4.69) is 21.8 Å². The van der Waals surface area contributed by atoms with Gasteiger partial charge in [0.05, 0.1) is 6.20 Å². The molecule has 1 saturated carbocycles. The molecule has 0 atom stereocenters. The van der Waals surface area contributed by atoms with Crippen LogP contribution >= 0.6 is 11.6 Å². The molecule has 24 heavy (non-hydrogen) atoms. The second-order valence-corrected chi connectivity index (χ2v) is 8.00. The Labute approximate surface area is 146 Å². The first kappa shape index (κ1) is 16.8. The summed E-state index contributed by atoms with van der Waals surface area (Å²) in [7, 11) is 0. The first-order valence-corrected chi connectivity index (χ1v) is 8.31. The maximum Gasteiger partial charge on any atom is 0.410 e. The molecule has 2 aliphatic rings. The lowest BCUT2D eigenvalue weighted by Gasteiger charge is -2.57. The van der Waals surface area contributed by atoms with Crippen LogP contribution in [0.2, 0.25) is 5.15 Å². The van der Waals surface area contributed by atoms with Crippen molar-refractivity contribution in [3.8, 4) is 11.8 Å². The molecule has 1 aliphatic carbocycles. The first-order chi connectivity index (χ1) is 11.2. The highest BCUT2D eigenvalue weighted by molar-refractivity contribution is 6.30. The van der Waals surface area contributed by atoms with Gasteiger partial charge >= 0.3 is 6.09 Å². The highest BCUT2D eigenvalue weighted by Crippen LogP contribution is 2.51. The van der Waals surface area contributed by atoms with Crippen molar-refractivity contribution in [2.45, 2.75) is 39.2 Å². The average molecular weight is 349 g/mol. The topological polar surface area (TPSA) is 81.3 Å². The zero-order valence-corrected chi connectivity index (χ0v) is 14.9. The molecule has 1 aliphatic heterocycles. The molecule has 7 heteroatoms. The molecule has 2 N–H and O–H groups in total. The number of likely N-dealkylation sites (tertiary alicyclic amines) is 1. The quantitative estimate of drug-likeness (QED) is 0.729. The van der Waals surface area contributed by atoms with Gasteiger partial charge in [-0.3, -0.25) is 0 Å². The fraction of sp³-hybridized carbons (Fsp3) is 0.588. The monoisotopic (exact) mass is 348 g/mol. The van der Waals surface area contributed by atoms with Crippen LogP contribution in [-0.2, 0) is 4.74 Å². The molecule has 3 rings (SSSR count). The van der Waals surface area contributed by atoms with Crippen molar-refractivity contribution in [1.29, 1.82) is 0 Å². The summed E-state index contributed by atoms with van der Waals surface area (Å²) in [5.74, 6) is 6.75. The maximum absolute atomic E-state index is 12.0. The van der Waals surface area contributed by atoms with Crippen molar-refractivity contribution in [2.24, 2.45) is 11.3 Å². The molecule has 1 amide bonds. The SMILES string of the molecule is CC(C)(C)OC(=O)N1CC2(CC(C#Cc3ncc(N)nc3Cl)C2)C1. The summed E-state index contributed by atoms with van der Waals surface area (Å²) in [6.45, 7) is 7.13. The smallest absolute Gasteiger partial charge is 0.410 e. The maximum atomic E-state index is 12.0. The van der Waals surface area contributed by atoms with E-state index in [0.29, 0.717) is 11.6 Å². The van der Waals surface area contributed by atoms with E-state index in [0.717, 1.165) is 25.9 Å². The van der Waals surface area contributed by atoms with Crippen LogP contribution in [0, 0.1) is 23.2 Å².